The molecule has 0 bridgehead atoms. The van der Waals surface area contributed by atoms with Gasteiger partial charge in [0.2, 0.25) is 5.91 Å². The van der Waals surface area contributed by atoms with Gasteiger partial charge in [0.25, 0.3) is 0 Å². The molecule has 2 N–H and O–H groups in total. The number of rotatable bonds is 2. The van der Waals surface area contributed by atoms with E-state index in [1.165, 1.54) is 0 Å². The van der Waals surface area contributed by atoms with Crippen LogP contribution in [0, 0.1) is 11.3 Å². The maximum absolute atomic E-state index is 12.1. The lowest BCUT2D eigenvalue weighted by Crippen LogP contribution is -2.68. The fourth-order valence-corrected chi connectivity index (χ4v) is 4.38. The van der Waals surface area contributed by atoms with Crippen LogP contribution in [0.5, 0.6) is 0 Å². The van der Waals surface area contributed by atoms with E-state index in [1.54, 1.807) is 11.8 Å². The third-order valence-corrected chi connectivity index (χ3v) is 5.37. The number of ether oxygens (including phenoxy) is 1. The van der Waals surface area contributed by atoms with Crippen molar-refractivity contribution in [3.63, 3.8) is 0 Å². The van der Waals surface area contributed by atoms with Gasteiger partial charge in [0.05, 0.1) is 12.1 Å². The molecule has 1 saturated carbocycles. The Labute approximate surface area is 106 Å². The van der Waals surface area contributed by atoms with E-state index in [1.807, 2.05) is 0 Å². The standard InChI is InChI=1S/C12H20N2O2S/c1-12(2)9(7-3-4-16-10(7)12)14-11(15)8-5-17-6-13-8/h7-10,13H,3-6H2,1-2H3,(H,14,15). The van der Waals surface area contributed by atoms with Crippen LogP contribution in [-0.2, 0) is 9.53 Å². The Hall–Kier alpha value is -0.260. The SMILES string of the molecule is CC1(C)C(NC(=O)C2CSCN2)C2CCOC21. The Morgan fingerprint density at radius 2 is 2.35 bits per heavy atom. The summed E-state index contributed by atoms with van der Waals surface area (Å²) >= 11 is 1.79. The normalized spacial score (nSPS) is 42.9. The first-order valence-corrected chi connectivity index (χ1v) is 7.49. The number of thioether (sulfide) groups is 1. The van der Waals surface area contributed by atoms with Crippen LogP contribution in [0.15, 0.2) is 0 Å². The average molecular weight is 256 g/mol. The molecule has 3 rings (SSSR count). The summed E-state index contributed by atoms with van der Waals surface area (Å²) in [6, 6.07) is 0.284. The Kier molecular flexibility index (Phi) is 2.88. The van der Waals surface area contributed by atoms with E-state index in [4.69, 9.17) is 4.74 Å². The molecule has 5 heteroatoms. The van der Waals surface area contributed by atoms with E-state index < -0.39 is 0 Å². The molecular formula is C12H20N2O2S. The monoisotopic (exact) mass is 256 g/mol. The third kappa shape index (κ3) is 1.79. The first kappa shape index (κ1) is 11.8. The van der Waals surface area contributed by atoms with Gasteiger partial charge in [-0.25, -0.2) is 0 Å². The van der Waals surface area contributed by atoms with Crippen molar-refractivity contribution in [1.29, 1.82) is 0 Å². The second kappa shape index (κ2) is 4.14. The van der Waals surface area contributed by atoms with Crippen molar-refractivity contribution in [2.75, 3.05) is 18.2 Å². The highest BCUT2D eigenvalue weighted by Crippen LogP contribution is 2.52. The zero-order chi connectivity index (χ0) is 12.0. The lowest BCUT2D eigenvalue weighted by atomic mass is 9.57. The minimum Gasteiger partial charge on any atom is -0.377 e. The van der Waals surface area contributed by atoms with Gasteiger partial charge in [0.1, 0.15) is 0 Å². The summed E-state index contributed by atoms with van der Waals surface area (Å²) in [6.45, 7) is 5.24. The fourth-order valence-electron chi connectivity index (χ4n) is 3.43. The number of fused-ring (bicyclic) bond motifs is 1. The van der Waals surface area contributed by atoms with Crippen LogP contribution >= 0.6 is 11.8 Å². The topological polar surface area (TPSA) is 50.4 Å². The van der Waals surface area contributed by atoms with E-state index in [-0.39, 0.29) is 23.4 Å². The molecule has 2 heterocycles. The molecule has 0 aromatic heterocycles. The molecule has 0 spiro atoms. The predicted octanol–water partition coefficient (Wildman–Crippen LogP) is 0.579. The van der Waals surface area contributed by atoms with Crippen molar-refractivity contribution < 1.29 is 9.53 Å². The number of hydrogen-bond acceptors (Lipinski definition) is 4. The van der Waals surface area contributed by atoms with Crippen molar-refractivity contribution in [2.45, 2.75) is 38.5 Å². The Balaban J connectivity index is 1.63. The average Bonchev–Trinajstić information content (AvgIpc) is 2.95. The van der Waals surface area contributed by atoms with E-state index in [0.717, 1.165) is 24.7 Å². The summed E-state index contributed by atoms with van der Waals surface area (Å²) < 4.78 is 5.73. The van der Waals surface area contributed by atoms with Gasteiger partial charge in [-0.05, 0) is 6.42 Å². The van der Waals surface area contributed by atoms with E-state index >= 15 is 0 Å². The maximum atomic E-state index is 12.1. The Morgan fingerprint density at radius 3 is 3.06 bits per heavy atom. The molecule has 2 aliphatic heterocycles. The molecule has 3 fully saturated rings. The highest BCUT2D eigenvalue weighted by atomic mass is 32.2. The number of nitrogens with one attached hydrogen (secondary N) is 2. The highest BCUT2D eigenvalue weighted by molar-refractivity contribution is 7.99. The summed E-state index contributed by atoms with van der Waals surface area (Å²) in [5.41, 5.74) is 0.0859. The number of amides is 1. The van der Waals surface area contributed by atoms with Crippen molar-refractivity contribution in [3.05, 3.63) is 0 Å². The molecule has 4 unspecified atom stereocenters. The molecule has 3 aliphatic rings. The number of carbonyl (C=O) groups is 1. The third-order valence-electron chi connectivity index (χ3n) is 4.43. The van der Waals surface area contributed by atoms with Gasteiger partial charge in [-0.2, -0.15) is 0 Å². The molecule has 96 valence electrons. The largest absolute Gasteiger partial charge is 0.377 e. The van der Waals surface area contributed by atoms with Crippen LogP contribution in [-0.4, -0.2) is 42.3 Å². The van der Waals surface area contributed by atoms with Gasteiger partial charge in [0, 0.05) is 35.6 Å². The summed E-state index contributed by atoms with van der Waals surface area (Å²) in [6.07, 6.45) is 1.44. The van der Waals surface area contributed by atoms with Gasteiger partial charge in [-0.3, -0.25) is 10.1 Å². The highest BCUT2D eigenvalue weighted by Gasteiger charge is 2.59. The zero-order valence-electron chi connectivity index (χ0n) is 10.4. The molecule has 2 saturated heterocycles. The quantitative estimate of drug-likeness (QED) is 0.759. The van der Waals surface area contributed by atoms with Crippen molar-refractivity contribution in [1.82, 2.24) is 10.6 Å². The summed E-state index contributed by atoms with van der Waals surface area (Å²) in [5, 5.41) is 6.44. The van der Waals surface area contributed by atoms with Gasteiger partial charge in [-0.1, -0.05) is 13.8 Å². The predicted molar refractivity (Wildman–Crippen MR) is 67.8 cm³/mol. The van der Waals surface area contributed by atoms with Crippen molar-refractivity contribution in [3.8, 4) is 0 Å². The van der Waals surface area contributed by atoms with Gasteiger partial charge >= 0.3 is 0 Å². The van der Waals surface area contributed by atoms with Gasteiger partial charge < -0.3 is 10.1 Å². The summed E-state index contributed by atoms with van der Waals surface area (Å²) in [5.74, 6) is 2.48. The van der Waals surface area contributed by atoms with E-state index in [2.05, 4.69) is 24.5 Å². The van der Waals surface area contributed by atoms with Crippen molar-refractivity contribution >= 4 is 17.7 Å². The Bertz CT molecular complexity index is 328. The molecule has 1 amide bonds. The van der Waals surface area contributed by atoms with Crippen LogP contribution < -0.4 is 10.6 Å². The first-order chi connectivity index (χ1) is 8.10. The van der Waals surface area contributed by atoms with Crippen molar-refractivity contribution in [2.24, 2.45) is 11.3 Å². The number of carbonyl (C=O) groups excluding carboxylic acids is 1. The second-order valence-corrected chi connectivity index (χ2v) is 6.85. The summed E-state index contributed by atoms with van der Waals surface area (Å²) in [4.78, 5) is 12.1. The van der Waals surface area contributed by atoms with Crippen LogP contribution in [0.1, 0.15) is 20.3 Å². The van der Waals surface area contributed by atoms with Gasteiger partial charge in [0.15, 0.2) is 0 Å². The molecular weight excluding hydrogens is 236 g/mol. The zero-order valence-corrected chi connectivity index (χ0v) is 11.2. The fraction of sp³-hybridized carbons (Fsp3) is 0.917. The second-order valence-electron chi connectivity index (χ2n) is 5.82. The lowest BCUT2D eigenvalue weighted by Gasteiger charge is -2.54. The van der Waals surface area contributed by atoms with E-state index in [9.17, 15) is 4.79 Å². The Morgan fingerprint density at radius 1 is 1.53 bits per heavy atom. The number of hydrogen-bond donors (Lipinski definition) is 2. The smallest absolute Gasteiger partial charge is 0.238 e. The molecule has 0 aromatic carbocycles. The minimum absolute atomic E-state index is 0.00262. The van der Waals surface area contributed by atoms with Gasteiger partial charge in [-0.15, -0.1) is 11.8 Å². The van der Waals surface area contributed by atoms with Crippen LogP contribution in [0.4, 0.5) is 0 Å². The van der Waals surface area contributed by atoms with Crippen LogP contribution in [0.2, 0.25) is 0 Å². The first-order valence-electron chi connectivity index (χ1n) is 6.34. The molecule has 4 nitrogen and oxygen atoms in total. The maximum Gasteiger partial charge on any atom is 0.238 e. The van der Waals surface area contributed by atoms with Crippen LogP contribution in [0.3, 0.4) is 0 Å². The lowest BCUT2D eigenvalue weighted by molar-refractivity contribution is -0.138. The minimum atomic E-state index is -0.00262. The summed E-state index contributed by atoms with van der Waals surface area (Å²) in [7, 11) is 0. The molecule has 17 heavy (non-hydrogen) atoms. The molecule has 0 aromatic rings. The molecule has 0 radical (unpaired) electrons. The van der Waals surface area contributed by atoms with E-state index in [0.29, 0.717) is 12.0 Å². The molecule has 4 atom stereocenters. The molecule has 1 aliphatic carbocycles. The van der Waals surface area contributed by atoms with Crippen LogP contribution in [0.25, 0.3) is 0 Å².